The van der Waals surface area contributed by atoms with Crippen LogP contribution >= 0.6 is 11.8 Å². The quantitative estimate of drug-likeness (QED) is 0.137. The SMILES string of the molecule is CSCCC(N)C(=O)NC(C(=O)NC(CCC(N)=O)C(=O)NC(CO)C(=O)O)C(C)C. The molecule has 4 unspecified atom stereocenters. The summed E-state index contributed by atoms with van der Waals surface area (Å²) in [7, 11) is 0. The van der Waals surface area contributed by atoms with Crippen LogP contribution in [0.5, 0.6) is 0 Å². The molecule has 0 aliphatic rings. The molecule has 12 nitrogen and oxygen atoms in total. The van der Waals surface area contributed by atoms with Gasteiger partial charge in [0.05, 0.1) is 12.6 Å². The van der Waals surface area contributed by atoms with Gasteiger partial charge in [-0.25, -0.2) is 4.79 Å². The van der Waals surface area contributed by atoms with Crippen LogP contribution in [0, 0.1) is 5.92 Å². The van der Waals surface area contributed by atoms with Crippen LogP contribution in [0.4, 0.5) is 0 Å². The monoisotopic (exact) mass is 463 g/mol. The summed E-state index contributed by atoms with van der Waals surface area (Å²) in [5.41, 5.74) is 10.9. The highest BCUT2D eigenvalue weighted by Crippen LogP contribution is 2.07. The number of amides is 4. The van der Waals surface area contributed by atoms with Crippen molar-refractivity contribution >= 4 is 41.4 Å². The van der Waals surface area contributed by atoms with Crippen molar-refractivity contribution in [2.24, 2.45) is 17.4 Å². The van der Waals surface area contributed by atoms with Crippen LogP contribution in [-0.2, 0) is 24.0 Å². The van der Waals surface area contributed by atoms with Crippen LogP contribution in [0.15, 0.2) is 0 Å². The number of hydrogen-bond donors (Lipinski definition) is 7. The van der Waals surface area contributed by atoms with Crippen LogP contribution in [0.3, 0.4) is 0 Å². The van der Waals surface area contributed by atoms with Crippen molar-refractivity contribution in [3.63, 3.8) is 0 Å². The van der Waals surface area contributed by atoms with Gasteiger partial charge >= 0.3 is 5.97 Å². The van der Waals surface area contributed by atoms with E-state index in [0.717, 1.165) is 0 Å². The molecule has 0 bridgehead atoms. The fraction of sp³-hybridized carbons (Fsp3) is 0.722. The van der Waals surface area contributed by atoms with Gasteiger partial charge in [0.1, 0.15) is 18.1 Å². The van der Waals surface area contributed by atoms with Crippen molar-refractivity contribution in [2.45, 2.75) is 57.3 Å². The summed E-state index contributed by atoms with van der Waals surface area (Å²) < 4.78 is 0. The normalized spacial score (nSPS) is 14.8. The lowest BCUT2D eigenvalue weighted by molar-refractivity contribution is -0.143. The van der Waals surface area contributed by atoms with E-state index in [1.165, 1.54) is 11.8 Å². The molecule has 0 aromatic heterocycles. The van der Waals surface area contributed by atoms with E-state index in [1.807, 2.05) is 6.26 Å². The number of thioether (sulfide) groups is 1. The summed E-state index contributed by atoms with van der Waals surface area (Å²) in [5.74, 6) is -4.03. The van der Waals surface area contributed by atoms with Gasteiger partial charge in [0.15, 0.2) is 0 Å². The fourth-order valence-electron chi connectivity index (χ4n) is 2.45. The van der Waals surface area contributed by atoms with Gasteiger partial charge in [-0.2, -0.15) is 11.8 Å². The first-order valence-corrected chi connectivity index (χ1v) is 11.1. The van der Waals surface area contributed by atoms with E-state index in [1.54, 1.807) is 13.8 Å². The number of aliphatic hydroxyl groups excluding tert-OH is 1. The summed E-state index contributed by atoms with van der Waals surface area (Å²) in [6.45, 7) is 2.50. The third kappa shape index (κ3) is 11.0. The Morgan fingerprint density at radius 1 is 0.935 bits per heavy atom. The Hall–Kier alpha value is -2.38. The summed E-state index contributed by atoms with van der Waals surface area (Å²) >= 11 is 1.53. The van der Waals surface area contributed by atoms with E-state index in [2.05, 4.69) is 16.0 Å². The molecule has 31 heavy (non-hydrogen) atoms. The predicted octanol–water partition coefficient (Wildman–Crippen LogP) is -2.48. The van der Waals surface area contributed by atoms with Crippen molar-refractivity contribution in [1.29, 1.82) is 0 Å². The average molecular weight is 464 g/mol. The number of nitrogens with two attached hydrogens (primary N) is 2. The van der Waals surface area contributed by atoms with E-state index in [9.17, 15) is 24.0 Å². The van der Waals surface area contributed by atoms with Crippen molar-refractivity contribution < 1.29 is 34.2 Å². The third-order valence-corrected chi connectivity index (χ3v) is 4.97. The zero-order valence-corrected chi connectivity index (χ0v) is 18.7. The van der Waals surface area contributed by atoms with Gasteiger partial charge in [-0.1, -0.05) is 13.8 Å². The van der Waals surface area contributed by atoms with Gasteiger partial charge in [0.2, 0.25) is 23.6 Å². The van der Waals surface area contributed by atoms with E-state index >= 15 is 0 Å². The summed E-state index contributed by atoms with van der Waals surface area (Å²) in [6, 6.07) is -4.73. The third-order valence-electron chi connectivity index (χ3n) is 4.33. The number of primary amides is 1. The van der Waals surface area contributed by atoms with Crippen LogP contribution in [0.25, 0.3) is 0 Å². The molecule has 0 heterocycles. The van der Waals surface area contributed by atoms with Gasteiger partial charge in [0, 0.05) is 6.42 Å². The summed E-state index contributed by atoms with van der Waals surface area (Å²) in [5, 5.41) is 25.1. The first-order chi connectivity index (χ1) is 14.4. The molecule has 13 heteroatoms. The zero-order chi connectivity index (χ0) is 24.1. The summed E-state index contributed by atoms with van der Waals surface area (Å²) in [6.07, 6.45) is 1.84. The number of carbonyl (C=O) groups is 5. The molecule has 0 rings (SSSR count). The van der Waals surface area contributed by atoms with Crippen LogP contribution in [0.2, 0.25) is 0 Å². The Kier molecular flexibility index (Phi) is 13.5. The van der Waals surface area contributed by atoms with Crippen LogP contribution in [0.1, 0.15) is 33.1 Å². The topological polar surface area (TPSA) is 214 Å². The largest absolute Gasteiger partial charge is 0.480 e. The lowest BCUT2D eigenvalue weighted by atomic mass is 10.0. The van der Waals surface area contributed by atoms with Gasteiger partial charge < -0.3 is 37.6 Å². The molecule has 0 radical (unpaired) electrons. The molecule has 9 N–H and O–H groups in total. The maximum atomic E-state index is 12.8. The second kappa shape index (κ2) is 14.6. The van der Waals surface area contributed by atoms with E-state index in [0.29, 0.717) is 12.2 Å². The molecule has 0 aromatic rings. The van der Waals surface area contributed by atoms with Crippen LogP contribution < -0.4 is 27.4 Å². The Morgan fingerprint density at radius 2 is 1.52 bits per heavy atom. The maximum Gasteiger partial charge on any atom is 0.328 e. The molecule has 178 valence electrons. The molecule has 4 atom stereocenters. The smallest absolute Gasteiger partial charge is 0.328 e. The number of carbonyl (C=O) groups excluding carboxylic acids is 4. The highest BCUT2D eigenvalue weighted by atomic mass is 32.2. The van der Waals surface area contributed by atoms with Crippen molar-refractivity contribution in [1.82, 2.24) is 16.0 Å². The summed E-state index contributed by atoms with van der Waals surface area (Å²) in [4.78, 5) is 59.7. The number of aliphatic hydroxyl groups is 1. The highest BCUT2D eigenvalue weighted by molar-refractivity contribution is 7.98. The number of carboxylic acid groups (broad SMARTS) is 1. The molecular weight excluding hydrogens is 430 g/mol. The Morgan fingerprint density at radius 3 is 1.97 bits per heavy atom. The van der Waals surface area contributed by atoms with Gasteiger partial charge in [-0.05, 0) is 30.8 Å². The second-order valence-corrected chi connectivity index (χ2v) is 8.25. The molecule has 0 saturated carbocycles. The van der Waals surface area contributed by atoms with Crippen LogP contribution in [-0.4, -0.2) is 82.6 Å². The number of aliphatic carboxylic acids is 1. The number of hydrogen-bond acceptors (Lipinski definition) is 8. The second-order valence-electron chi connectivity index (χ2n) is 7.27. The van der Waals surface area contributed by atoms with Crippen molar-refractivity contribution in [3.05, 3.63) is 0 Å². The first-order valence-electron chi connectivity index (χ1n) is 9.72. The first kappa shape index (κ1) is 28.6. The fourth-order valence-corrected chi connectivity index (χ4v) is 2.94. The highest BCUT2D eigenvalue weighted by Gasteiger charge is 2.31. The van der Waals surface area contributed by atoms with Gasteiger partial charge in [-0.15, -0.1) is 0 Å². The molecule has 0 aromatic carbocycles. The minimum atomic E-state index is -1.59. The van der Waals surface area contributed by atoms with E-state index < -0.39 is 60.4 Å². The minimum absolute atomic E-state index is 0.198. The predicted molar refractivity (Wildman–Crippen MR) is 115 cm³/mol. The minimum Gasteiger partial charge on any atom is -0.480 e. The number of rotatable bonds is 15. The molecule has 4 amide bonds. The van der Waals surface area contributed by atoms with Gasteiger partial charge in [-0.3, -0.25) is 19.2 Å². The van der Waals surface area contributed by atoms with Gasteiger partial charge in [0.25, 0.3) is 0 Å². The standard InChI is InChI=1S/C18H33N5O7S/c1-9(2)14(23-15(26)10(19)6-7-31-3)17(28)21-11(4-5-13(20)25)16(27)22-12(8-24)18(29)30/h9-12,14,24H,4-8,19H2,1-3H3,(H2,20,25)(H,21,28)(H,22,27)(H,23,26)(H,29,30). The Balaban J connectivity index is 5.35. The molecular formula is C18H33N5O7S. The Labute approximate surface area is 185 Å². The number of carboxylic acids is 1. The molecule has 0 spiro atoms. The molecule has 0 aliphatic carbocycles. The van der Waals surface area contributed by atoms with Crippen molar-refractivity contribution in [2.75, 3.05) is 18.6 Å². The zero-order valence-electron chi connectivity index (χ0n) is 17.9. The number of nitrogens with one attached hydrogen (secondary N) is 3. The Bertz CT molecular complexity index is 647. The maximum absolute atomic E-state index is 12.8. The lowest BCUT2D eigenvalue weighted by Gasteiger charge is -2.26. The molecule has 0 saturated heterocycles. The van der Waals surface area contributed by atoms with E-state index in [-0.39, 0.29) is 18.8 Å². The molecule has 0 fully saturated rings. The molecule has 0 aliphatic heterocycles. The average Bonchev–Trinajstić information content (AvgIpc) is 2.69. The van der Waals surface area contributed by atoms with E-state index in [4.69, 9.17) is 21.7 Å². The van der Waals surface area contributed by atoms with Crippen molar-refractivity contribution in [3.8, 4) is 0 Å². The lowest BCUT2D eigenvalue weighted by Crippen LogP contribution is -2.58.